The molecule has 1 aromatic rings. The van der Waals surface area contributed by atoms with Gasteiger partial charge in [0, 0.05) is 0 Å². The molecule has 0 fully saturated rings. The van der Waals surface area contributed by atoms with Crippen LogP contribution >= 0.6 is 11.8 Å². The van der Waals surface area contributed by atoms with Crippen molar-refractivity contribution in [3.63, 3.8) is 0 Å². The molecule has 0 saturated heterocycles. The number of thioether (sulfide) groups is 1. The molecular weight excluding hydrogens is 158 g/mol. The van der Waals surface area contributed by atoms with E-state index in [1.165, 1.54) is 6.07 Å². The molecule has 3 heteroatoms. The summed E-state index contributed by atoms with van der Waals surface area (Å²) < 4.78 is 0. The van der Waals surface area contributed by atoms with E-state index >= 15 is 0 Å². The highest BCUT2D eigenvalue weighted by atomic mass is 32.2. The Morgan fingerprint density at radius 3 is 2.73 bits per heavy atom. The Balaban J connectivity index is 3.20. The molecule has 0 amide bonds. The van der Waals surface area contributed by atoms with Crippen LogP contribution in [-0.4, -0.2) is 0 Å². The van der Waals surface area contributed by atoms with Gasteiger partial charge in [-0.15, -0.1) is 0 Å². The summed E-state index contributed by atoms with van der Waals surface area (Å²) in [5, 5.41) is 10.2. The number of nitriles is 1. The highest BCUT2D eigenvalue weighted by molar-refractivity contribution is 8.03. The molecule has 0 aliphatic heterocycles. The first kappa shape index (κ1) is 7.83. The van der Waals surface area contributed by atoms with Crippen molar-refractivity contribution >= 4 is 11.8 Å². The van der Waals surface area contributed by atoms with E-state index < -0.39 is 0 Å². The largest absolute Gasteiger partial charge is 0.289 e. The molecule has 0 aromatic heterocycles. The standard InChI is InChI=1S/C8H5NOS/c9-6-11-8-5-3-1-2-4-7(8)10/h1-5H. The zero-order chi connectivity index (χ0) is 8.10. The average molecular weight is 163 g/mol. The first-order valence-corrected chi connectivity index (χ1v) is 3.81. The van der Waals surface area contributed by atoms with E-state index in [4.69, 9.17) is 5.26 Å². The van der Waals surface area contributed by atoms with E-state index in [-0.39, 0.29) is 5.43 Å². The van der Waals surface area contributed by atoms with Gasteiger partial charge < -0.3 is 0 Å². The topological polar surface area (TPSA) is 40.9 Å². The van der Waals surface area contributed by atoms with Crippen molar-refractivity contribution in [3.05, 3.63) is 40.6 Å². The lowest BCUT2D eigenvalue weighted by Gasteiger charge is -1.80. The van der Waals surface area contributed by atoms with Crippen molar-refractivity contribution in [2.24, 2.45) is 0 Å². The molecule has 0 atom stereocenters. The summed E-state index contributed by atoms with van der Waals surface area (Å²) in [6, 6.07) is 8.23. The smallest absolute Gasteiger partial charge is 0.193 e. The maximum absolute atomic E-state index is 11.0. The fourth-order valence-electron chi connectivity index (χ4n) is 0.648. The quantitative estimate of drug-likeness (QED) is 0.466. The molecule has 0 radical (unpaired) electrons. The zero-order valence-electron chi connectivity index (χ0n) is 5.65. The van der Waals surface area contributed by atoms with Crippen LogP contribution in [0, 0.1) is 10.7 Å². The van der Waals surface area contributed by atoms with Crippen molar-refractivity contribution in [2.45, 2.75) is 4.90 Å². The van der Waals surface area contributed by atoms with E-state index in [0.717, 1.165) is 11.8 Å². The van der Waals surface area contributed by atoms with Gasteiger partial charge in [0.05, 0.1) is 4.90 Å². The molecular formula is C8H5NOS. The first-order chi connectivity index (χ1) is 5.34. The lowest BCUT2D eigenvalue weighted by atomic mass is 10.5. The van der Waals surface area contributed by atoms with Gasteiger partial charge in [-0.05, 0) is 23.9 Å². The molecule has 54 valence electrons. The molecule has 0 heterocycles. The minimum atomic E-state index is -0.110. The van der Waals surface area contributed by atoms with Crippen LogP contribution in [0.1, 0.15) is 0 Å². The molecule has 0 N–H and O–H groups in total. The lowest BCUT2D eigenvalue weighted by Crippen LogP contribution is -1.95. The van der Waals surface area contributed by atoms with Crippen LogP contribution in [0.3, 0.4) is 0 Å². The third-order valence-electron chi connectivity index (χ3n) is 1.12. The van der Waals surface area contributed by atoms with Gasteiger partial charge in [-0.2, -0.15) is 5.26 Å². The van der Waals surface area contributed by atoms with Gasteiger partial charge in [-0.1, -0.05) is 18.2 Å². The lowest BCUT2D eigenvalue weighted by molar-refractivity contribution is 1.41. The number of rotatable bonds is 1. The van der Waals surface area contributed by atoms with Crippen LogP contribution in [-0.2, 0) is 0 Å². The second kappa shape index (κ2) is 3.79. The van der Waals surface area contributed by atoms with E-state index in [0.29, 0.717) is 4.90 Å². The second-order valence-corrected chi connectivity index (χ2v) is 2.66. The summed E-state index contributed by atoms with van der Waals surface area (Å²) >= 11 is 0.888. The Hall–Kier alpha value is -1.27. The number of nitrogens with zero attached hydrogens (tertiary/aromatic N) is 1. The molecule has 1 rings (SSSR count). The minimum Gasteiger partial charge on any atom is -0.289 e. The predicted molar refractivity (Wildman–Crippen MR) is 44.2 cm³/mol. The second-order valence-electron chi connectivity index (χ2n) is 1.83. The number of hydrogen-bond acceptors (Lipinski definition) is 3. The van der Waals surface area contributed by atoms with Gasteiger partial charge in [0.25, 0.3) is 0 Å². The van der Waals surface area contributed by atoms with E-state index in [2.05, 4.69) is 0 Å². The molecule has 0 aliphatic carbocycles. The highest BCUT2D eigenvalue weighted by Gasteiger charge is 1.93. The van der Waals surface area contributed by atoms with Gasteiger partial charge in [0.1, 0.15) is 5.40 Å². The van der Waals surface area contributed by atoms with Crippen molar-refractivity contribution in [2.75, 3.05) is 0 Å². The molecule has 0 saturated carbocycles. The van der Waals surface area contributed by atoms with Crippen LogP contribution in [0.2, 0.25) is 0 Å². The van der Waals surface area contributed by atoms with Crippen molar-refractivity contribution in [1.29, 1.82) is 5.26 Å². The van der Waals surface area contributed by atoms with Gasteiger partial charge in [0.2, 0.25) is 0 Å². The summed E-state index contributed by atoms with van der Waals surface area (Å²) in [6.07, 6.45) is 0. The Labute approximate surface area is 68.5 Å². The van der Waals surface area contributed by atoms with Gasteiger partial charge in [-0.3, -0.25) is 4.79 Å². The van der Waals surface area contributed by atoms with Crippen LogP contribution in [0.15, 0.2) is 40.0 Å². The molecule has 11 heavy (non-hydrogen) atoms. The normalized spacial score (nSPS) is 8.64. The Morgan fingerprint density at radius 2 is 2.00 bits per heavy atom. The van der Waals surface area contributed by atoms with Crippen molar-refractivity contribution < 1.29 is 0 Å². The zero-order valence-corrected chi connectivity index (χ0v) is 6.47. The maximum Gasteiger partial charge on any atom is 0.193 e. The molecule has 0 aliphatic rings. The highest BCUT2D eigenvalue weighted by Crippen LogP contribution is 2.08. The fraction of sp³-hybridized carbons (Fsp3) is 0. The molecule has 0 bridgehead atoms. The van der Waals surface area contributed by atoms with E-state index in [1.807, 2.05) is 5.40 Å². The molecule has 1 aromatic carbocycles. The number of hydrogen-bond donors (Lipinski definition) is 0. The van der Waals surface area contributed by atoms with Gasteiger partial charge in [0.15, 0.2) is 5.43 Å². The van der Waals surface area contributed by atoms with Crippen molar-refractivity contribution in [3.8, 4) is 5.40 Å². The summed E-state index contributed by atoms with van der Waals surface area (Å²) in [5.41, 5.74) is -0.110. The Kier molecular flexibility index (Phi) is 2.70. The summed E-state index contributed by atoms with van der Waals surface area (Å²) in [7, 11) is 0. The Morgan fingerprint density at radius 1 is 1.27 bits per heavy atom. The van der Waals surface area contributed by atoms with E-state index in [9.17, 15) is 4.79 Å². The fourth-order valence-corrected chi connectivity index (χ4v) is 1.06. The summed E-state index contributed by atoms with van der Waals surface area (Å²) in [5.74, 6) is 0. The van der Waals surface area contributed by atoms with Gasteiger partial charge in [-0.25, -0.2) is 0 Å². The van der Waals surface area contributed by atoms with Crippen molar-refractivity contribution in [1.82, 2.24) is 0 Å². The summed E-state index contributed by atoms with van der Waals surface area (Å²) in [6.45, 7) is 0. The molecule has 0 unspecified atom stereocenters. The third-order valence-corrected chi connectivity index (χ3v) is 1.76. The third kappa shape index (κ3) is 2.10. The predicted octanol–water partition coefficient (Wildman–Crippen LogP) is 1.62. The Bertz CT molecular complexity index is 343. The maximum atomic E-state index is 11.0. The SMILES string of the molecule is N#CSc1cccccc1=O. The van der Waals surface area contributed by atoms with Crippen LogP contribution in [0.5, 0.6) is 0 Å². The molecule has 0 spiro atoms. The van der Waals surface area contributed by atoms with E-state index in [1.54, 1.807) is 24.3 Å². The number of thiocyanates is 1. The van der Waals surface area contributed by atoms with Crippen LogP contribution in [0.25, 0.3) is 0 Å². The average Bonchev–Trinajstić information content (AvgIpc) is 2.18. The summed E-state index contributed by atoms with van der Waals surface area (Å²) in [4.78, 5) is 11.5. The minimum absolute atomic E-state index is 0.110. The van der Waals surface area contributed by atoms with Crippen LogP contribution in [0.4, 0.5) is 0 Å². The van der Waals surface area contributed by atoms with Gasteiger partial charge >= 0.3 is 0 Å². The van der Waals surface area contributed by atoms with Crippen LogP contribution < -0.4 is 5.43 Å². The molecule has 2 nitrogen and oxygen atoms in total. The monoisotopic (exact) mass is 163 g/mol. The first-order valence-electron chi connectivity index (χ1n) is 3.00.